The zero-order chi connectivity index (χ0) is 26.9. The van der Waals surface area contributed by atoms with Crippen molar-refractivity contribution < 1.29 is 24.1 Å². The Morgan fingerprint density at radius 2 is 1.97 bits per heavy atom. The van der Waals surface area contributed by atoms with Gasteiger partial charge in [-0.2, -0.15) is 0 Å². The van der Waals surface area contributed by atoms with Crippen LogP contribution in [0.5, 0.6) is 17.2 Å². The van der Waals surface area contributed by atoms with Crippen molar-refractivity contribution in [3.8, 4) is 17.2 Å². The predicted molar refractivity (Wildman–Crippen MR) is 150 cm³/mol. The van der Waals surface area contributed by atoms with Gasteiger partial charge in [0.1, 0.15) is 5.75 Å². The predicted octanol–water partition coefficient (Wildman–Crippen LogP) is 3.90. The number of aromatic nitrogens is 1. The van der Waals surface area contributed by atoms with E-state index in [0.29, 0.717) is 41.2 Å². The summed E-state index contributed by atoms with van der Waals surface area (Å²) in [5.74, 6) is 0.540. The molecular formula is C27H27IN2O6S. The van der Waals surface area contributed by atoms with Crippen molar-refractivity contribution in [2.75, 3.05) is 13.7 Å². The molecule has 0 fully saturated rings. The number of allylic oxidation sites excluding steroid dienone is 1. The average Bonchev–Trinajstić information content (AvgIpc) is 3.15. The maximum absolute atomic E-state index is 13.8. The molecule has 8 nitrogen and oxygen atoms in total. The molecule has 0 bridgehead atoms. The molecule has 1 unspecified atom stereocenters. The molecule has 1 N–H and O–H groups in total. The summed E-state index contributed by atoms with van der Waals surface area (Å²) >= 11 is 3.24. The number of hydrogen-bond donors (Lipinski definition) is 1. The number of esters is 1. The molecule has 1 aliphatic heterocycles. The molecule has 1 aromatic heterocycles. The van der Waals surface area contributed by atoms with Gasteiger partial charge in [0.2, 0.25) is 0 Å². The molecule has 194 valence electrons. The number of halogens is 1. The van der Waals surface area contributed by atoms with Gasteiger partial charge < -0.3 is 19.3 Å². The van der Waals surface area contributed by atoms with Crippen LogP contribution in [0.1, 0.15) is 44.9 Å². The van der Waals surface area contributed by atoms with E-state index in [1.54, 1.807) is 32.1 Å². The van der Waals surface area contributed by atoms with Crippen LogP contribution in [0, 0.1) is 3.57 Å². The summed E-state index contributed by atoms with van der Waals surface area (Å²) in [5.41, 5.74) is 1.96. The van der Waals surface area contributed by atoms with Crippen molar-refractivity contribution in [2.24, 2.45) is 4.99 Å². The Hall–Kier alpha value is -3.12. The van der Waals surface area contributed by atoms with E-state index in [-0.39, 0.29) is 24.0 Å². The number of nitrogens with zero attached hydrogens (tertiary/aromatic N) is 2. The van der Waals surface area contributed by atoms with Crippen molar-refractivity contribution in [3.63, 3.8) is 0 Å². The van der Waals surface area contributed by atoms with Crippen molar-refractivity contribution in [1.82, 2.24) is 4.57 Å². The highest BCUT2D eigenvalue weighted by molar-refractivity contribution is 14.1. The molecule has 0 radical (unpaired) electrons. The number of ether oxygens (including phenoxy) is 3. The first-order valence-electron chi connectivity index (χ1n) is 11.7. The van der Waals surface area contributed by atoms with Crippen LogP contribution < -0.4 is 24.4 Å². The molecular weight excluding hydrogens is 607 g/mol. The Morgan fingerprint density at radius 3 is 2.59 bits per heavy atom. The molecule has 2 heterocycles. The van der Waals surface area contributed by atoms with Gasteiger partial charge in [-0.1, -0.05) is 23.5 Å². The number of hydrogen-bond acceptors (Lipinski definition) is 8. The number of fused-ring (bicyclic) bond motifs is 1. The molecule has 0 aliphatic carbocycles. The molecule has 1 aliphatic rings. The Bertz CT molecular complexity index is 1550. The number of thiazole rings is 1. The van der Waals surface area contributed by atoms with Crippen LogP contribution in [-0.2, 0) is 9.53 Å². The molecule has 4 rings (SSSR count). The van der Waals surface area contributed by atoms with Gasteiger partial charge in [0.05, 0.1) is 45.2 Å². The van der Waals surface area contributed by atoms with E-state index in [0.717, 1.165) is 5.56 Å². The zero-order valence-electron chi connectivity index (χ0n) is 21.1. The normalized spacial score (nSPS) is 15.4. The Morgan fingerprint density at radius 1 is 1.27 bits per heavy atom. The maximum atomic E-state index is 13.8. The van der Waals surface area contributed by atoms with Crippen LogP contribution in [0.25, 0.3) is 6.08 Å². The number of carbonyl (C=O) groups is 1. The SMILES string of the molecule is CCOC(=O)C1=C(C)N=c2s/c(=C/c3cc(I)c(O)c(OC)c3)c(=O)n2C1c1ccc(OC(C)C)cc1. The van der Waals surface area contributed by atoms with Crippen LogP contribution in [0.3, 0.4) is 0 Å². The average molecular weight is 634 g/mol. The van der Waals surface area contributed by atoms with Crippen LogP contribution in [0.2, 0.25) is 0 Å². The van der Waals surface area contributed by atoms with Gasteiger partial charge in [-0.3, -0.25) is 9.36 Å². The number of phenolic OH excluding ortho intramolecular Hbond substituents is 1. The highest BCUT2D eigenvalue weighted by Gasteiger charge is 2.33. The highest BCUT2D eigenvalue weighted by atomic mass is 127. The molecule has 0 saturated heterocycles. The fourth-order valence-corrected chi connectivity index (χ4v) is 5.76. The summed E-state index contributed by atoms with van der Waals surface area (Å²) in [4.78, 5) is 31.9. The van der Waals surface area contributed by atoms with E-state index in [2.05, 4.69) is 4.99 Å². The van der Waals surface area contributed by atoms with E-state index >= 15 is 0 Å². The van der Waals surface area contributed by atoms with Crippen molar-refractivity contribution >= 4 is 46.0 Å². The maximum Gasteiger partial charge on any atom is 0.338 e. The van der Waals surface area contributed by atoms with Gasteiger partial charge >= 0.3 is 5.97 Å². The van der Waals surface area contributed by atoms with E-state index in [1.165, 1.54) is 23.0 Å². The minimum atomic E-state index is -0.708. The summed E-state index contributed by atoms with van der Waals surface area (Å²) in [6.07, 6.45) is 1.75. The van der Waals surface area contributed by atoms with Gasteiger partial charge in [0, 0.05) is 0 Å². The van der Waals surface area contributed by atoms with Crippen LogP contribution in [-0.4, -0.2) is 35.5 Å². The number of methoxy groups -OCH3 is 1. The van der Waals surface area contributed by atoms with Gasteiger partial charge in [0.25, 0.3) is 5.56 Å². The number of rotatable bonds is 7. The van der Waals surface area contributed by atoms with Crippen molar-refractivity contribution in [3.05, 3.63) is 82.1 Å². The van der Waals surface area contributed by atoms with Crippen LogP contribution >= 0.6 is 33.9 Å². The lowest BCUT2D eigenvalue weighted by Crippen LogP contribution is -2.39. The van der Waals surface area contributed by atoms with Crippen LogP contribution in [0.4, 0.5) is 0 Å². The Balaban J connectivity index is 1.91. The molecule has 0 saturated carbocycles. The first-order chi connectivity index (χ1) is 17.6. The Labute approximate surface area is 231 Å². The standard InChI is InChI=1S/C27H27IN2O6S/c1-6-35-26(33)22-15(4)29-27-30(23(22)17-7-9-18(10-8-17)36-14(2)3)25(32)21(37-27)13-16-11-19(28)24(31)20(12-16)34-5/h7-14,23,31H,6H2,1-5H3/b21-13+. The Kier molecular flexibility index (Phi) is 8.08. The fraction of sp³-hybridized carbons (Fsp3) is 0.296. The van der Waals surface area contributed by atoms with E-state index in [4.69, 9.17) is 14.2 Å². The molecule has 2 aromatic carbocycles. The van der Waals surface area contributed by atoms with Crippen molar-refractivity contribution in [1.29, 1.82) is 0 Å². The topological polar surface area (TPSA) is 99.4 Å². The zero-order valence-corrected chi connectivity index (χ0v) is 24.0. The summed E-state index contributed by atoms with van der Waals surface area (Å²) < 4.78 is 18.9. The number of phenols is 1. The molecule has 37 heavy (non-hydrogen) atoms. The van der Waals surface area contributed by atoms with Crippen molar-refractivity contribution in [2.45, 2.75) is 39.8 Å². The van der Waals surface area contributed by atoms with Gasteiger partial charge in [-0.25, -0.2) is 9.79 Å². The summed E-state index contributed by atoms with van der Waals surface area (Å²) in [6.45, 7) is 7.58. The number of aromatic hydroxyl groups is 1. The molecule has 3 aromatic rings. The molecule has 0 spiro atoms. The summed E-state index contributed by atoms with van der Waals surface area (Å²) in [5, 5.41) is 10.2. The van der Waals surface area contributed by atoms with Gasteiger partial charge in [-0.05, 0) is 91.8 Å². The largest absolute Gasteiger partial charge is 0.504 e. The number of benzene rings is 2. The minimum Gasteiger partial charge on any atom is -0.504 e. The minimum absolute atomic E-state index is 0.0161. The third kappa shape index (κ3) is 5.45. The highest BCUT2D eigenvalue weighted by Crippen LogP contribution is 2.33. The molecule has 1 atom stereocenters. The summed E-state index contributed by atoms with van der Waals surface area (Å²) in [7, 11) is 1.47. The van der Waals surface area contributed by atoms with E-state index < -0.39 is 12.0 Å². The van der Waals surface area contributed by atoms with E-state index in [1.807, 2.05) is 60.7 Å². The summed E-state index contributed by atoms with van der Waals surface area (Å²) in [6, 6.07) is 10.1. The lowest BCUT2D eigenvalue weighted by molar-refractivity contribution is -0.139. The second-order valence-electron chi connectivity index (χ2n) is 8.59. The lowest BCUT2D eigenvalue weighted by Gasteiger charge is -2.25. The monoisotopic (exact) mass is 634 g/mol. The smallest absolute Gasteiger partial charge is 0.338 e. The van der Waals surface area contributed by atoms with Gasteiger partial charge in [0.15, 0.2) is 16.3 Å². The fourth-order valence-electron chi connectivity index (χ4n) is 4.09. The third-order valence-electron chi connectivity index (χ3n) is 5.65. The second-order valence-corrected chi connectivity index (χ2v) is 10.8. The first-order valence-corrected chi connectivity index (χ1v) is 13.6. The second kappa shape index (κ2) is 11.1. The van der Waals surface area contributed by atoms with E-state index in [9.17, 15) is 14.7 Å². The van der Waals surface area contributed by atoms with Crippen LogP contribution in [0.15, 0.2) is 57.5 Å². The third-order valence-corrected chi connectivity index (χ3v) is 7.46. The molecule has 10 heteroatoms. The first kappa shape index (κ1) is 26.9. The number of carbonyl (C=O) groups excluding carboxylic acids is 1. The molecule has 0 amide bonds. The quantitative estimate of drug-likeness (QED) is 0.313. The van der Waals surface area contributed by atoms with Gasteiger partial charge in [-0.15, -0.1) is 0 Å². The lowest BCUT2D eigenvalue weighted by atomic mass is 9.96.